The molecule has 0 unspecified atom stereocenters. The highest BCUT2D eigenvalue weighted by Gasteiger charge is 2.28. The summed E-state index contributed by atoms with van der Waals surface area (Å²) in [4.78, 5) is 51.5. The van der Waals surface area contributed by atoms with Crippen LogP contribution in [0.1, 0.15) is 75.2 Å². The molecular weight excluding hydrogens is 464 g/mol. The Bertz CT molecular complexity index is 1090. The van der Waals surface area contributed by atoms with E-state index < -0.39 is 24.5 Å². The number of rotatable bonds is 8. The molecule has 0 radical (unpaired) electrons. The molecule has 0 fully saturated rings. The lowest BCUT2D eigenvalue weighted by molar-refractivity contribution is -0.119. The Labute approximate surface area is 200 Å². The van der Waals surface area contributed by atoms with E-state index in [1.165, 1.54) is 29.6 Å². The van der Waals surface area contributed by atoms with E-state index in [1.807, 2.05) is 13.8 Å². The molecule has 10 heteroatoms. The monoisotopic (exact) mass is 492 g/mol. The highest BCUT2D eigenvalue weighted by atomic mass is 32.1. The van der Waals surface area contributed by atoms with Gasteiger partial charge in [-0.25, -0.2) is 9.59 Å². The minimum Gasteiger partial charge on any atom is -0.462 e. The summed E-state index contributed by atoms with van der Waals surface area (Å²) in [6, 6.07) is 0. The number of hydrogen-bond acceptors (Lipinski definition) is 8. The van der Waals surface area contributed by atoms with Gasteiger partial charge in [0, 0.05) is 16.7 Å². The van der Waals surface area contributed by atoms with Crippen molar-refractivity contribution in [2.75, 3.05) is 23.8 Å². The zero-order chi connectivity index (χ0) is 24.1. The maximum absolute atomic E-state index is 12.9. The first kappa shape index (κ1) is 24.9. The van der Waals surface area contributed by atoms with Crippen molar-refractivity contribution < 1.29 is 28.7 Å². The smallest absolute Gasteiger partial charge is 0.341 e. The molecule has 3 rings (SSSR count). The SMILES string of the molecule is CCOC(=O)c1c(NC(=O)COC(=O)c2c(NC(C)=O)sc3c2CCCC3)sc(C)c1CC. The number of nitrogens with one attached hydrogen (secondary N) is 2. The van der Waals surface area contributed by atoms with Crippen molar-refractivity contribution in [3.8, 4) is 0 Å². The molecule has 1 aliphatic carbocycles. The molecular formula is C23H28N2O6S2. The molecule has 2 aromatic heterocycles. The highest BCUT2D eigenvalue weighted by molar-refractivity contribution is 7.17. The third-order valence-electron chi connectivity index (χ3n) is 5.29. The summed E-state index contributed by atoms with van der Waals surface area (Å²) in [5, 5.41) is 6.25. The van der Waals surface area contributed by atoms with Crippen LogP contribution in [0.2, 0.25) is 0 Å². The van der Waals surface area contributed by atoms with Crippen LogP contribution in [0.4, 0.5) is 10.0 Å². The van der Waals surface area contributed by atoms with Crippen LogP contribution in [0.25, 0.3) is 0 Å². The second-order valence-corrected chi connectivity index (χ2v) is 9.97. The highest BCUT2D eigenvalue weighted by Crippen LogP contribution is 2.38. The maximum Gasteiger partial charge on any atom is 0.341 e. The molecule has 0 spiro atoms. The maximum atomic E-state index is 12.9. The van der Waals surface area contributed by atoms with Gasteiger partial charge >= 0.3 is 11.9 Å². The summed E-state index contributed by atoms with van der Waals surface area (Å²) in [6.45, 7) is 6.63. The zero-order valence-corrected chi connectivity index (χ0v) is 20.8. The predicted octanol–water partition coefficient (Wildman–Crippen LogP) is 4.49. The molecule has 0 saturated heterocycles. The van der Waals surface area contributed by atoms with Gasteiger partial charge in [-0.05, 0) is 57.1 Å². The number of fused-ring (bicyclic) bond motifs is 1. The predicted molar refractivity (Wildman–Crippen MR) is 129 cm³/mol. The summed E-state index contributed by atoms with van der Waals surface area (Å²) in [7, 11) is 0. The van der Waals surface area contributed by atoms with E-state index in [2.05, 4.69) is 10.6 Å². The quantitative estimate of drug-likeness (QED) is 0.525. The van der Waals surface area contributed by atoms with Crippen molar-refractivity contribution in [2.45, 2.75) is 59.8 Å². The van der Waals surface area contributed by atoms with Gasteiger partial charge in [0.2, 0.25) is 5.91 Å². The Morgan fingerprint density at radius 2 is 1.58 bits per heavy atom. The van der Waals surface area contributed by atoms with Gasteiger partial charge < -0.3 is 20.1 Å². The Kier molecular flexibility index (Phi) is 8.25. The van der Waals surface area contributed by atoms with Crippen molar-refractivity contribution in [2.24, 2.45) is 0 Å². The van der Waals surface area contributed by atoms with Gasteiger partial charge in [-0.1, -0.05) is 6.92 Å². The first-order valence-corrected chi connectivity index (χ1v) is 12.6. The Morgan fingerprint density at radius 1 is 0.909 bits per heavy atom. The lowest BCUT2D eigenvalue weighted by Gasteiger charge is -2.13. The van der Waals surface area contributed by atoms with E-state index in [9.17, 15) is 19.2 Å². The van der Waals surface area contributed by atoms with E-state index in [0.717, 1.165) is 46.6 Å². The van der Waals surface area contributed by atoms with Crippen LogP contribution in [-0.2, 0) is 38.3 Å². The second-order valence-electron chi connectivity index (χ2n) is 7.64. The lowest BCUT2D eigenvalue weighted by atomic mass is 9.95. The molecule has 0 aliphatic heterocycles. The number of amides is 2. The van der Waals surface area contributed by atoms with Gasteiger partial charge in [0.15, 0.2) is 6.61 Å². The standard InChI is InChI=1S/C23H28N2O6S2/c1-5-14-12(3)32-21(18(14)22(28)30-6-2)25-17(27)11-31-23(29)19-15-9-7-8-10-16(15)33-20(19)24-13(4)26/h5-11H2,1-4H3,(H,24,26)(H,25,27). The van der Waals surface area contributed by atoms with E-state index >= 15 is 0 Å². The summed E-state index contributed by atoms with van der Waals surface area (Å²) in [6.07, 6.45) is 4.20. The molecule has 0 saturated carbocycles. The van der Waals surface area contributed by atoms with E-state index in [-0.39, 0.29) is 12.5 Å². The molecule has 0 aromatic carbocycles. The van der Waals surface area contributed by atoms with Crippen LogP contribution in [0.5, 0.6) is 0 Å². The van der Waals surface area contributed by atoms with Gasteiger partial charge in [0.25, 0.3) is 5.91 Å². The molecule has 1 aliphatic rings. The number of thiophene rings is 2. The molecule has 0 atom stereocenters. The molecule has 2 heterocycles. The van der Waals surface area contributed by atoms with Gasteiger partial charge in [0.05, 0.1) is 17.7 Å². The van der Waals surface area contributed by atoms with E-state index in [4.69, 9.17) is 9.47 Å². The second kappa shape index (κ2) is 10.9. The van der Waals surface area contributed by atoms with Crippen LogP contribution in [0, 0.1) is 6.92 Å². The number of hydrogen-bond donors (Lipinski definition) is 2. The van der Waals surface area contributed by atoms with Gasteiger partial charge in [-0.2, -0.15) is 0 Å². The van der Waals surface area contributed by atoms with Gasteiger partial charge in [-0.15, -0.1) is 22.7 Å². The van der Waals surface area contributed by atoms with Crippen LogP contribution >= 0.6 is 22.7 Å². The first-order chi connectivity index (χ1) is 15.8. The summed E-state index contributed by atoms with van der Waals surface area (Å²) in [5.74, 6) is -1.96. The molecule has 178 valence electrons. The van der Waals surface area contributed by atoms with E-state index in [1.54, 1.807) is 6.92 Å². The van der Waals surface area contributed by atoms with Crippen molar-refractivity contribution in [1.82, 2.24) is 0 Å². The first-order valence-electron chi connectivity index (χ1n) is 10.9. The zero-order valence-electron chi connectivity index (χ0n) is 19.2. The number of carbonyl (C=O) groups is 4. The minimum absolute atomic E-state index is 0.226. The van der Waals surface area contributed by atoms with Gasteiger partial charge in [0.1, 0.15) is 10.0 Å². The Morgan fingerprint density at radius 3 is 2.24 bits per heavy atom. The van der Waals surface area contributed by atoms with Crippen molar-refractivity contribution in [3.63, 3.8) is 0 Å². The summed E-state index contributed by atoms with van der Waals surface area (Å²) in [5.41, 5.74) is 2.41. The fourth-order valence-electron chi connectivity index (χ4n) is 3.91. The Balaban J connectivity index is 1.74. The molecule has 2 N–H and O–H groups in total. The molecule has 8 nitrogen and oxygen atoms in total. The fraction of sp³-hybridized carbons (Fsp3) is 0.478. The number of carbonyl (C=O) groups excluding carboxylic acids is 4. The van der Waals surface area contributed by atoms with Crippen LogP contribution in [0.3, 0.4) is 0 Å². The lowest BCUT2D eigenvalue weighted by Crippen LogP contribution is -2.23. The average molecular weight is 493 g/mol. The van der Waals surface area contributed by atoms with Gasteiger partial charge in [-0.3, -0.25) is 9.59 Å². The molecule has 0 bridgehead atoms. The molecule has 2 amide bonds. The molecule has 33 heavy (non-hydrogen) atoms. The Hall–Kier alpha value is -2.72. The minimum atomic E-state index is -0.643. The topological polar surface area (TPSA) is 111 Å². The van der Waals surface area contributed by atoms with Crippen molar-refractivity contribution in [1.29, 1.82) is 0 Å². The van der Waals surface area contributed by atoms with Crippen molar-refractivity contribution in [3.05, 3.63) is 32.0 Å². The van der Waals surface area contributed by atoms with Crippen molar-refractivity contribution >= 4 is 56.4 Å². The van der Waals surface area contributed by atoms with Crippen LogP contribution < -0.4 is 10.6 Å². The third kappa shape index (κ3) is 5.62. The number of aryl methyl sites for hydroxylation is 2. The largest absolute Gasteiger partial charge is 0.462 e. The number of ether oxygens (including phenoxy) is 2. The fourth-order valence-corrected chi connectivity index (χ4v) is 6.38. The van der Waals surface area contributed by atoms with Crippen LogP contribution in [0.15, 0.2) is 0 Å². The average Bonchev–Trinajstić information content (AvgIpc) is 3.27. The molecule has 2 aromatic rings. The van der Waals surface area contributed by atoms with Crippen LogP contribution in [-0.4, -0.2) is 37.0 Å². The van der Waals surface area contributed by atoms with E-state index in [0.29, 0.717) is 27.5 Å². The normalized spacial score (nSPS) is 12.6. The number of esters is 2. The summed E-state index contributed by atoms with van der Waals surface area (Å²) < 4.78 is 10.5. The third-order valence-corrected chi connectivity index (χ3v) is 7.56. The number of anilines is 2. The summed E-state index contributed by atoms with van der Waals surface area (Å²) >= 11 is 2.68.